The lowest BCUT2D eigenvalue weighted by atomic mass is 10.2. The molecule has 2 aromatic rings. The lowest BCUT2D eigenvalue weighted by molar-refractivity contribution is -0.123. The number of ether oxygens (including phenoxy) is 1. The molecule has 0 atom stereocenters. The molecule has 1 fully saturated rings. The van der Waals surface area contributed by atoms with Crippen molar-refractivity contribution in [2.45, 2.75) is 0 Å². The monoisotopic (exact) mass is 367 g/mol. The van der Waals surface area contributed by atoms with Gasteiger partial charge in [0.15, 0.2) is 6.61 Å². The summed E-state index contributed by atoms with van der Waals surface area (Å²) in [4.78, 5) is 28.4. The van der Waals surface area contributed by atoms with Crippen molar-refractivity contribution >= 4 is 11.8 Å². The average molecular weight is 367 g/mol. The first-order valence-electron chi connectivity index (χ1n) is 9.23. The SMILES string of the molecule is O=C(COc1ccccc1)NCCN1CCN(C(=O)c2ccccc2)CC1. The van der Waals surface area contributed by atoms with Crippen molar-refractivity contribution in [2.24, 2.45) is 0 Å². The van der Waals surface area contributed by atoms with Crippen molar-refractivity contribution in [1.82, 2.24) is 15.1 Å². The third kappa shape index (κ3) is 5.82. The molecule has 0 bridgehead atoms. The summed E-state index contributed by atoms with van der Waals surface area (Å²) in [7, 11) is 0. The Morgan fingerprint density at radius 2 is 1.52 bits per heavy atom. The Hall–Kier alpha value is -2.86. The fraction of sp³-hybridized carbons (Fsp3) is 0.333. The van der Waals surface area contributed by atoms with E-state index >= 15 is 0 Å². The number of nitrogens with one attached hydrogen (secondary N) is 1. The van der Waals surface area contributed by atoms with Gasteiger partial charge in [-0.25, -0.2) is 0 Å². The second-order valence-corrected chi connectivity index (χ2v) is 6.45. The smallest absolute Gasteiger partial charge is 0.257 e. The van der Waals surface area contributed by atoms with E-state index in [1.165, 1.54) is 0 Å². The molecule has 142 valence electrons. The molecule has 2 amide bonds. The molecule has 1 saturated heterocycles. The number of benzene rings is 2. The van der Waals surface area contributed by atoms with Crippen molar-refractivity contribution in [3.8, 4) is 5.75 Å². The number of amides is 2. The van der Waals surface area contributed by atoms with Gasteiger partial charge in [-0.2, -0.15) is 0 Å². The van der Waals surface area contributed by atoms with Crippen LogP contribution in [0.4, 0.5) is 0 Å². The van der Waals surface area contributed by atoms with E-state index in [0.29, 0.717) is 25.4 Å². The van der Waals surface area contributed by atoms with Crippen molar-refractivity contribution in [3.05, 3.63) is 66.2 Å². The zero-order chi connectivity index (χ0) is 18.9. The molecule has 0 aliphatic carbocycles. The Morgan fingerprint density at radius 1 is 0.889 bits per heavy atom. The lowest BCUT2D eigenvalue weighted by Crippen LogP contribution is -2.50. The topological polar surface area (TPSA) is 61.9 Å². The van der Waals surface area contributed by atoms with Crippen molar-refractivity contribution in [1.29, 1.82) is 0 Å². The van der Waals surface area contributed by atoms with Crippen LogP contribution in [-0.4, -0.2) is 67.5 Å². The Morgan fingerprint density at radius 3 is 2.19 bits per heavy atom. The number of hydrogen-bond acceptors (Lipinski definition) is 4. The fourth-order valence-corrected chi connectivity index (χ4v) is 3.01. The van der Waals surface area contributed by atoms with Crippen LogP contribution in [0.1, 0.15) is 10.4 Å². The maximum absolute atomic E-state index is 12.4. The molecule has 0 unspecified atom stereocenters. The molecular weight excluding hydrogens is 342 g/mol. The van der Waals surface area contributed by atoms with Gasteiger partial charge in [0, 0.05) is 44.8 Å². The molecule has 0 aromatic heterocycles. The van der Waals surface area contributed by atoms with Crippen LogP contribution in [0.15, 0.2) is 60.7 Å². The highest BCUT2D eigenvalue weighted by molar-refractivity contribution is 5.94. The van der Waals surface area contributed by atoms with Crippen LogP contribution in [0, 0.1) is 0 Å². The van der Waals surface area contributed by atoms with Gasteiger partial charge >= 0.3 is 0 Å². The maximum Gasteiger partial charge on any atom is 0.257 e. The molecule has 2 aromatic carbocycles. The normalized spacial score (nSPS) is 14.6. The van der Waals surface area contributed by atoms with E-state index in [1.807, 2.05) is 65.6 Å². The molecule has 0 spiro atoms. The van der Waals surface area contributed by atoms with Gasteiger partial charge in [-0.05, 0) is 24.3 Å². The molecule has 3 rings (SSSR count). The van der Waals surface area contributed by atoms with E-state index in [4.69, 9.17) is 4.74 Å². The largest absolute Gasteiger partial charge is 0.484 e. The number of piperazine rings is 1. The third-order valence-electron chi connectivity index (χ3n) is 4.54. The van der Waals surface area contributed by atoms with Crippen LogP contribution in [0.3, 0.4) is 0 Å². The minimum absolute atomic E-state index is 0.0172. The summed E-state index contributed by atoms with van der Waals surface area (Å²) >= 11 is 0. The number of carbonyl (C=O) groups is 2. The minimum atomic E-state index is -0.128. The molecule has 27 heavy (non-hydrogen) atoms. The molecule has 1 aliphatic rings. The predicted octanol–water partition coefficient (Wildman–Crippen LogP) is 1.64. The average Bonchev–Trinajstić information content (AvgIpc) is 2.74. The highest BCUT2D eigenvalue weighted by atomic mass is 16.5. The van der Waals surface area contributed by atoms with E-state index < -0.39 is 0 Å². The Balaban J connectivity index is 1.31. The van der Waals surface area contributed by atoms with E-state index in [1.54, 1.807) is 0 Å². The van der Waals surface area contributed by atoms with Crippen molar-refractivity contribution in [2.75, 3.05) is 45.9 Å². The second kappa shape index (κ2) is 9.73. The van der Waals surface area contributed by atoms with Gasteiger partial charge in [0.25, 0.3) is 11.8 Å². The minimum Gasteiger partial charge on any atom is -0.484 e. The summed E-state index contributed by atoms with van der Waals surface area (Å²) < 4.78 is 5.42. The van der Waals surface area contributed by atoms with E-state index in [0.717, 1.165) is 25.2 Å². The second-order valence-electron chi connectivity index (χ2n) is 6.45. The zero-order valence-corrected chi connectivity index (χ0v) is 15.3. The van der Waals surface area contributed by atoms with E-state index in [2.05, 4.69) is 10.2 Å². The maximum atomic E-state index is 12.4. The van der Waals surface area contributed by atoms with E-state index in [-0.39, 0.29) is 18.4 Å². The number of hydrogen-bond donors (Lipinski definition) is 1. The Labute approximate surface area is 159 Å². The first-order chi connectivity index (χ1) is 13.2. The van der Waals surface area contributed by atoms with Crippen LogP contribution in [0.2, 0.25) is 0 Å². The summed E-state index contributed by atoms with van der Waals surface area (Å²) in [6.45, 7) is 4.40. The highest BCUT2D eigenvalue weighted by Crippen LogP contribution is 2.09. The van der Waals surface area contributed by atoms with Crippen LogP contribution < -0.4 is 10.1 Å². The highest BCUT2D eigenvalue weighted by Gasteiger charge is 2.21. The Bertz CT molecular complexity index is 729. The quantitative estimate of drug-likeness (QED) is 0.808. The molecule has 6 nitrogen and oxygen atoms in total. The van der Waals surface area contributed by atoms with Gasteiger partial charge < -0.3 is 15.0 Å². The Kier molecular flexibility index (Phi) is 6.82. The first kappa shape index (κ1) is 18.9. The molecule has 0 saturated carbocycles. The molecule has 1 heterocycles. The number of carbonyl (C=O) groups excluding carboxylic acids is 2. The van der Waals surface area contributed by atoms with Crippen molar-refractivity contribution < 1.29 is 14.3 Å². The lowest BCUT2D eigenvalue weighted by Gasteiger charge is -2.34. The number of para-hydroxylation sites is 1. The standard InChI is InChI=1S/C21H25N3O3/c25-20(17-27-19-9-5-2-6-10-19)22-11-12-23-13-15-24(16-14-23)21(26)18-7-3-1-4-8-18/h1-10H,11-17H2,(H,22,25). The molecule has 1 N–H and O–H groups in total. The zero-order valence-electron chi connectivity index (χ0n) is 15.3. The van der Waals surface area contributed by atoms with Crippen LogP contribution in [0.25, 0.3) is 0 Å². The van der Waals surface area contributed by atoms with Crippen LogP contribution in [-0.2, 0) is 4.79 Å². The molecule has 1 aliphatic heterocycles. The van der Waals surface area contributed by atoms with Gasteiger partial charge in [0.1, 0.15) is 5.75 Å². The van der Waals surface area contributed by atoms with Crippen LogP contribution in [0.5, 0.6) is 5.75 Å². The fourth-order valence-electron chi connectivity index (χ4n) is 3.01. The summed E-state index contributed by atoms with van der Waals surface area (Å²) in [5.74, 6) is 0.644. The van der Waals surface area contributed by atoms with E-state index in [9.17, 15) is 9.59 Å². The van der Waals surface area contributed by atoms with Gasteiger partial charge in [0.2, 0.25) is 0 Å². The summed E-state index contributed by atoms with van der Waals surface area (Å²) in [5.41, 5.74) is 0.733. The van der Waals surface area contributed by atoms with Gasteiger partial charge in [-0.3, -0.25) is 14.5 Å². The summed E-state index contributed by atoms with van der Waals surface area (Å²) in [6, 6.07) is 18.7. The number of rotatable bonds is 7. The third-order valence-corrected chi connectivity index (χ3v) is 4.54. The van der Waals surface area contributed by atoms with Gasteiger partial charge in [0.05, 0.1) is 0 Å². The molecule has 0 radical (unpaired) electrons. The predicted molar refractivity (Wildman–Crippen MR) is 104 cm³/mol. The van der Waals surface area contributed by atoms with Gasteiger partial charge in [-0.1, -0.05) is 36.4 Å². The molecule has 6 heteroatoms. The van der Waals surface area contributed by atoms with Crippen LogP contribution >= 0.6 is 0 Å². The summed E-state index contributed by atoms with van der Waals surface area (Å²) in [5, 5.41) is 2.87. The number of nitrogens with zero attached hydrogens (tertiary/aromatic N) is 2. The first-order valence-corrected chi connectivity index (χ1v) is 9.23. The van der Waals surface area contributed by atoms with Crippen molar-refractivity contribution in [3.63, 3.8) is 0 Å². The summed E-state index contributed by atoms with van der Waals surface area (Å²) in [6.07, 6.45) is 0. The van der Waals surface area contributed by atoms with Gasteiger partial charge in [-0.15, -0.1) is 0 Å². The molecular formula is C21H25N3O3.